The summed E-state index contributed by atoms with van der Waals surface area (Å²) in [5.41, 5.74) is 0.859. The van der Waals surface area contributed by atoms with E-state index in [4.69, 9.17) is 16.0 Å². The zero-order chi connectivity index (χ0) is 10.7. The highest BCUT2D eigenvalue weighted by Crippen LogP contribution is 2.19. The van der Waals surface area contributed by atoms with Crippen molar-refractivity contribution in [3.05, 3.63) is 35.2 Å². The molecule has 6 heteroatoms. The summed E-state index contributed by atoms with van der Waals surface area (Å²) >= 11 is 7.25. The fraction of sp³-hybridized carbons (Fsp3) is 0.222. The second-order valence-corrected chi connectivity index (χ2v) is 4.15. The summed E-state index contributed by atoms with van der Waals surface area (Å²) in [6, 6.07) is 1.72. The minimum absolute atomic E-state index is 0.463. The molecule has 0 unspecified atom stereocenters. The van der Waals surface area contributed by atoms with Gasteiger partial charge in [-0.05, 0) is 13.0 Å². The van der Waals surface area contributed by atoms with E-state index in [0.29, 0.717) is 22.0 Å². The molecule has 0 N–H and O–H groups in total. The van der Waals surface area contributed by atoms with Crippen LogP contribution in [0.2, 0.25) is 5.15 Å². The SMILES string of the molecule is Cc1cc(Cl)nc(CSc2ncco2)n1. The van der Waals surface area contributed by atoms with Crippen LogP contribution in [0.25, 0.3) is 0 Å². The lowest BCUT2D eigenvalue weighted by Crippen LogP contribution is -1.95. The van der Waals surface area contributed by atoms with Gasteiger partial charge in [-0.3, -0.25) is 0 Å². The third kappa shape index (κ3) is 2.94. The number of nitrogens with zero attached hydrogens (tertiary/aromatic N) is 3. The van der Waals surface area contributed by atoms with E-state index in [2.05, 4.69) is 15.0 Å². The van der Waals surface area contributed by atoms with Crippen molar-refractivity contribution in [1.29, 1.82) is 0 Å². The predicted molar refractivity (Wildman–Crippen MR) is 57.8 cm³/mol. The molecular weight excluding hydrogens is 234 g/mol. The minimum Gasteiger partial charge on any atom is -0.440 e. The molecule has 2 aromatic rings. The van der Waals surface area contributed by atoms with Crippen molar-refractivity contribution in [2.24, 2.45) is 0 Å². The van der Waals surface area contributed by atoms with E-state index in [-0.39, 0.29) is 0 Å². The molecule has 0 saturated heterocycles. The quantitative estimate of drug-likeness (QED) is 0.611. The minimum atomic E-state index is 0.463. The third-order valence-corrected chi connectivity index (χ3v) is 2.65. The number of rotatable bonds is 3. The maximum atomic E-state index is 5.81. The first kappa shape index (κ1) is 10.4. The molecule has 0 spiro atoms. The normalized spacial score (nSPS) is 10.5. The van der Waals surface area contributed by atoms with E-state index in [0.717, 1.165) is 5.69 Å². The molecule has 2 rings (SSSR count). The van der Waals surface area contributed by atoms with Crippen LogP contribution >= 0.6 is 23.4 Å². The molecule has 4 nitrogen and oxygen atoms in total. The molecule has 2 heterocycles. The van der Waals surface area contributed by atoms with Gasteiger partial charge in [-0.25, -0.2) is 15.0 Å². The van der Waals surface area contributed by atoms with Crippen LogP contribution in [-0.2, 0) is 5.75 Å². The van der Waals surface area contributed by atoms with Crippen molar-refractivity contribution in [3.63, 3.8) is 0 Å². The van der Waals surface area contributed by atoms with Crippen LogP contribution in [0, 0.1) is 6.92 Å². The van der Waals surface area contributed by atoms with Gasteiger partial charge in [0.05, 0.1) is 11.9 Å². The van der Waals surface area contributed by atoms with Crippen LogP contribution in [0.4, 0.5) is 0 Å². The first-order chi connectivity index (χ1) is 7.24. The molecule has 78 valence electrons. The van der Waals surface area contributed by atoms with Crippen LogP contribution in [-0.4, -0.2) is 15.0 Å². The number of aryl methyl sites for hydroxylation is 1. The molecule has 0 radical (unpaired) electrons. The van der Waals surface area contributed by atoms with E-state index >= 15 is 0 Å². The number of thioether (sulfide) groups is 1. The maximum Gasteiger partial charge on any atom is 0.255 e. The lowest BCUT2D eigenvalue weighted by atomic mass is 10.4. The summed E-state index contributed by atoms with van der Waals surface area (Å²) in [5, 5.41) is 1.07. The predicted octanol–water partition coefficient (Wildman–Crippen LogP) is 2.72. The Morgan fingerprint density at radius 3 is 3.00 bits per heavy atom. The van der Waals surface area contributed by atoms with Crippen LogP contribution in [0.3, 0.4) is 0 Å². The molecule has 0 atom stereocenters. The van der Waals surface area contributed by atoms with Crippen molar-refractivity contribution >= 4 is 23.4 Å². The smallest absolute Gasteiger partial charge is 0.255 e. The van der Waals surface area contributed by atoms with Crippen LogP contribution in [0.1, 0.15) is 11.5 Å². The maximum absolute atomic E-state index is 5.81. The fourth-order valence-electron chi connectivity index (χ4n) is 1.06. The summed E-state index contributed by atoms with van der Waals surface area (Å²) in [5.74, 6) is 1.28. The summed E-state index contributed by atoms with van der Waals surface area (Å²) < 4.78 is 5.08. The van der Waals surface area contributed by atoms with E-state index in [1.54, 1.807) is 12.3 Å². The first-order valence-electron chi connectivity index (χ1n) is 4.26. The van der Waals surface area contributed by atoms with Crippen molar-refractivity contribution in [2.75, 3.05) is 0 Å². The van der Waals surface area contributed by atoms with E-state index in [1.165, 1.54) is 18.0 Å². The molecule has 0 saturated carbocycles. The Morgan fingerprint density at radius 1 is 1.47 bits per heavy atom. The average molecular weight is 242 g/mol. The van der Waals surface area contributed by atoms with Crippen molar-refractivity contribution < 1.29 is 4.42 Å². The van der Waals surface area contributed by atoms with Gasteiger partial charge >= 0.3 is 0 Å². The fourth-order valence-corrected chi connectivity index (χ4v) is 1.96. The lowest BCUT2D eigenvalue weighted by Gasteiger charge is -1.99. The first-order valence-corrected chi connectivity index (χ1v) is 5.63. The Bertz CT molecular complexity index is 426. The van der Waals surface area contributed by atoms with Gasteiger partial charge in [-0.2, -0.15) is 0 Å². The molecule has 0 bridgehead atoms. The molecule has 0 fully saturated rings. The van der Waals surface area contributed by atoms with Gasteiger partial charge in [-0.15, -0.1) is 0 Å². The Kier molecular flexibility index (Phi) is 3.23. The van der Waals surface area contributed by atoms with Crippen LogP contribution < -0.4 is 0 Å². The summed E-state index contributed by atoms with van der Waals surface area (Å²) in [4.78, 5) is 12.3. The molecule has 0 aliphatic carbocycles. The lowest BCUT2D eigenvalue weighted by molar-refractivity contribution is 0.454. The molecule has 2 aromatic heterocycles. The molecule has 0 aromatic carbocycles. The largest absolute Gasteiger partial charge is 0.440 e. The van der Waals surface area contributed by atoms with Crippen molar-refractivity contribution in [3.8, 4) is 0 Å². The highest BCUT2D eigenvalue weighted by atomic mass is 35.5. The zero-order valence-corrected chi connectivity index (χ0v) is 9.55. The summed E-state index contributed by atoms with van der Waals surface area (Å²) in [6.07, 6.45) is 3.14. The van der Waals surface area contributed by atoms with Gasteiger partial charge in [0.1, 0.15) is 17.2 Å². The number of oxazole rings is 1. The Balaban J connectivity index is 2.05. The van der Waals surface area contributed by atoms with Gasteiger partial charge in [-0.1, -0.05) is 23.4 Å². The summed E-state index contributed by atoms with van der Waals surface area (Å²) in [7, 11) is 0. The van der Waals surface area contributed by atoms with Gasteiger partial charge in [0.2, 0.25) is 0 Å². The van der Waals surface area contributed by atoms with Crippen LogP contribution in [0.15, 0.2) is 28.2 Å². The zero-order valence-electron chi connectivity index (χ0n) is 7.98. The van der Waals surface area contributed by atoms with Crippen molar-refractivity contribution in [2.45, 2.75) is 17.9 Å². The second-order valence-electron chi connectivity index (χ2n) is 2.83. The molecule has 0 amide bonds. The van der Waals surface area contributed by atoms with Gasteiger partial charge in [0.25, 0.3) is 5.22 Å². The van der Waals surface area contributed by atoms with Gasteiger partial charge in [0, 0.05) is 5.69 Å². The van der Waals surface area contributed by atoms with E-state index in [9.17, 15) is 0 Å². The second kappa shape index (κ2) is 4.63. The van der Waals surface area contributed by atoms with Gasteiger partial charge in [0.15, 0.2) is 0 Å². The van der Waals surface area contributed by atoms with Crippen LogP contribution in [0.5, 0.6) is 0 Å². The number of halogens is 1. The van der Waals surface area contributed by atoms with Crippen molar-refractivity contribution in [1.82, 2.24) is 15.0 Å². The molecule has 15 heavy (non-hydrogen) atoms. The Labute approximate surface area is 96.1 Å². The Morgan fingerprint density at radius 2 is 2.33 bits per heavy atom. The van der Waals surface area contributed by atoms with E-state index < -0.39 is 0 Å². The Hall–Kier alpha value is -1.07. The third-order valence-electron chi connectivity index (χ3n) is 1.60. The van der Waals surface area contributed by atoms with Gasteiger partial charge < -0.3 is 4.42 Å². The standard InChI is InChI=1S/C9H8ClN3OS/c1-6-4-7(10)13-8(12-6)5-15-9-11-2-3-14-9/h2-4H,5H2,1H3. The highest BCUT2D eigenvalue weighted by Gasteiger charge is 2.04. The number of aromatic nitrogens is 3. The highest BCUT2D eigenvalue weighted by molar-refractivity contribution is 7.98. The monoisotopic (exact) mass is 241 g/mol. The molecule has 0 aliphatic heterocycles. The molecule has 0 aliphatic rings. The average Bonchev–Trinajstić information content (AvgIpc) is 2.65. The number of hydrogen-bond acceptors (Lipinski definition) is 5. The summed E-state index contributed by atoms with van der Waals surface area (Å²) in [6.45, 7) is 1.88. The topological polar surface area (TPSA) is 51.8 Å². The number of hydrogen-bond donors (Lipinski definition) is 0. The van der Waals surface area contributed by atoms with E-state index in [1.807, 2.05) is 6.92 Å². The molecular formula is C9H8ClN3OS.